The summed E-state index contributed by atoms with van der Waals surface area (Å²) in [4.78, 5) is 36.2. The SMILES string of the molecule is C=C(C)C(=O)CCc1cccc(C(=O)OCCO)c1C(=O)OCCO. The summed E-state index contributed by atoms with van der Waals surface area (Å²) in [6.45, 7) is 4.05. The summed E-state index contributed by atoms with van der Waals surface area (Å²) in [5.41, 5.74) is 0.837. The van der Waals surface area contributed by atoms with E-state index in [9.17, 15) is 14.4 Å². The van der Waals surface area contributed by atoms with Crippen molar-refractivity contribution in [2.45, 2.75) is 19.8 Å². The lowest BCUT2D eigenvalue weighted by Gasteiger charge is -2.13. The Morgan fingerprint density at radius 2 is 1.64 bits per heavy atom. The maximum absolute atomic E-state index is 12.3. The van der Waals surface area contributed by atoms with Gasteiger partial charge in [0.2, 0.25) is 0 Å². The molecular weight excluding hydrogens is 328 g/mol. The van der Waals surface area contributed by atoms with E-state index in [1.807, 2.05) is 0 Å². The molecule has 0 bridgehead atoms. The van der Waals surface area contributed by atoms with E-state index in [-0.39, 0.29) is 56.2 Å². The zero-order valence-electron chi connectivity index (χ0n) is 14.1. The third-order valence-electron chi connectivity index (χ3n) is 3.32. The van der Waals surface area contributed by atoms with E-state index in [1.165, 1.54) is 6.07 Å². The second kappa shape index (κ2) is 10.4. The van der Waals surface area contributed by atoms with E-state index < -0.39 is 11.9 Å². The van der Waals surface area contributed by atoms with Crippen LogP contribution < -0.4 is 0 Å². The van der Waals surface area contributed by atoms with Gasteiger partial charge in [-0.3, -0.25) is 4.79 Å². The van der Waals surface area contributed by atoms with E-state index in [0.29, 0.717) is 11.1 Å². The van der Waals surface area contributed by atoms with Gasteiger partial charge in [0.15, 0.2) is 5.78 Å². The monoisotopic (exact) mass is 350 g/mol. The first-order chi connectivity index (χ1) is 11.9. The van der Waals surface area contributed by atoms with Crippen molar-refractivity contribution in [1.29, 1.82) is 0 Å². The predicted octanol–water partition coefficient (Wildman–Crippen LogP) is 1.06. The third-order valence-corrected chi connectivity index (χ3v) is 3.32. The van der Waals surface area contributed by atoms with Crippen LogP contribution in [-0.4, -0.2) is 54.4 Å². The lowest BCUT2D eigenvalue weighted by atomic mass is 9.96. The van der Waals surface area contributed by atoms with Crippen LogP contribution in [0.15, 0.2) is 30.4 Å². The molecule has 0 atom stereocenters. The van der Waals surface area contributed by atoms with Crippen LogP contribution in [-0.2, 0) is 20.7 Å². The molecule has 0 saturated heterocycles. The van der Waals surface area contributed by atoms with Crippen LogP contribution in [0.2, 0.25) is 0 Å². The number of hydrogen-bond acceptors (Lipinski definition) is 7. The zero-order valence-corrected chi connectivity index (χ0v) is 14.1. The fourth-order valence-electron chi connectivity index (χ4n) is 2.11. The number of ether oxygens (including phenoxy) is 2. The number of esters is 2. The number of aryl methyl sites for hydroxylation is 1. The summed E-state index contributed by atoms with van der Waals surface area (Å²) >= 11 is 0. The van der Waals surface area contributed by atoms with Gasteiger partial charge in [-0.05, 0) is 30.5 Å². The molecule has 0 aliphatic rings. The molecule has 136 valence electrons. The van der Waals surface area contributed by atoms with Crippen molar-refractivity contribution >= 4 is 17.7 Å². The average molecular weight is 350 g/mol. The van der Waals surface area contributed by atoms with Crippen molar-refractivity contribution in [2.24, 2.45) is 0 Å². The van der Waals surface area contributed by atoms with Crippen LogP contribution in [0.1, 0.15) is 39.6 Å². The number of carbonyl (C=O) groups excluding carboxylic acids is 3. The van der Waals surface area contributed by atoms with Crippen LogP contribution in [0.5, 0.6) is 0 Å². The molecule has 0 heterocycles. The molecule has 1 aromatic rings. The highest BCUT2D eigenvalue weighted by molar-refractivity contribution is 6.04. The number of benzene rings is 1. The largest absolute Gasteiger partial charge is 0.460 e. The Labute approximate surface area is 145 Å². The average Bonchev–Trinajstić information content (AvgIpc) is 2.61. The van der Waals surface area contributed by atoms with Crippen LogP contribution in [0, 0.1) is 0 Å². The molecule has 1 rings (SSSR count). The van der Waals surface area contributed by atoms with Crippen LogP contribution in [0.3, 0.4) is 0 Å². The molecule has 0 aliphatic heterocycles. The van der Waals surface area contributed by atoms with E-state index in [4.69, 9.17) is 19.7 Å². The smallest absolute Gasteiger partial charge is 0.339 e. The first-order valence-corrected chi connectivity index (χ1v) is 7.79. The van der Waals surface area contributed by atoms with Gasteiger partial charge in [-0.2, -0.15) is 0 Å². The topological polar surface area (TPSA) is 110 Å². The second-order valence-corrected chi connectivity index (χ2v) is 5.26. The van der Waals surface area contributed by atoms with Crippen LogP contribution in [0.4, 0.5) is 0 Å². The Balaban J connectivity index is 3.16. The number of rotatable bonds is 10. The highest BCUT2D eigenvalue weighted by Crippen LogP contribution is 2.20. The molecule has 1 aromatic carbocycles. The van der Waals surface area contributed by atoms with Crippen LogP contribution in [0.25, 0.3) is 0 Å². The van der Waals surface area contributed by atoms with E-state index >= 15 is 0 Å². The van der Waals surface area contributed by atoms with E-state index in [0.717, 1.165) is 0 Å². The lowest BCUT2D eigenvalue weighted by Crippen LogP contribution is -2.19. The van der Waals surface area contributed by atoms with Gasteiger partial charge in [0.25, 0.3) is 0 Å². The normalized spacial score (nSPS) is 10.2. The van der Waals surface area contributed by atoms with Crippen molar-refractivity contribution in [3.63, 3.8) is 0 Å². The molecule has 0 unspecified atom stereocenters. The Kier molecular flexibility index (Phi) is 8.52. The maximum atomic E-state index is 12.3. The minimum absolute atomic E-state index is 0.00611. The number of hydrogen-bond donors (Lipinski definition) is 2. The molecule has 25 heavy (non-hydrogen) atoms. The summed E-state index contributed by atoms with van der Waals surface area (Å²) in [5.74, 6) is -1.72. The minimum Gasteiger partial charge on any atom is -0.460 e. The van der Waals surface area contributed by atoms with Gasteiger partial charge in [0.05, 0.1) is 24.3 Å². The van der Waals surface area contributed by atoms with Crippen LogP contribution >= 0.6 is 0 Å². The summed E-state index contributed by atoms with van der Waals surface area (Å²) in [6.07, 6.45) is 0.348. The second-order valence-electron chi connectivity index (χ2n) is 5.26. The highest BCUT2D eigenvalue weighted by Gasteiger charge is 2.23. The number of Topliss-reactive ketones (excluding diaryl/α,β-unsaturated/α-hetero) is 1. The highest BCUT2D eigenvalue weighted by atomic mass is 16.5. The van der Waals surface area contributed by atoms with E-state index in [1.54, 1.807) is 19.1 Å². The molecule has 0 spiro atoms. The van der Waals surface area contributed by atoms with Crippen molar-refractivity contribution in [3.8, 4) is 0 Å². The molecule has 0 saturated carbocycles. The van der Waals surface area contributed by atoms with Gasteiger partial charge in [-0.15, -0.1) is 0 Å². The minimum atomic E-state index is -0.789. The molecule has 7 heteroatoms. The maximum Gasteiger partial charge on any atom is 0.339 e. The molecule has 0 amide bonds. The predicted molar refractivity (Wildman–Crippen MR) is 89.3 cm³/mol. The molecule has 0 aromatic heterocycles. The van der Waals surface area contributed by atoms with Crippen molar-refractivity contribution in [2.75, 3.05) is 26.4 Å². The molecule has 0 radical (unpaired) electrons. The van der Waals surface area contributed by atoms with Gasteiger partial charge >= 0.3 is 11.9 Å². The first kappa shape index (κ1) is 20.5. The summed E-state index contributed by atoms with van der Waals surface area (Å²) in [6, 6.07) is 4.59. The lowest BCUT2D eigenvalue weighted by molar-refractivity contribution is -0.115. The Bertz CT molecular complexity index is 649. The number of aliphatic hydroxyl groups is 2. The standard InChI is InChI=1S/C18H22O7/c1-12(2)15(21)7-6-13-4-3-5-14(17(22)24-10-8-19)16(13)18(23)25-11-9-20/h3-5,19-20H,1,6-11H2,2H3. The van der Waals surface area contributed by atoms with Crippen molar-refractivity contribution in [1.82, 2.24) is 0 Å². The molecule has 2 N–H and O–H groups in total. The van der Waals surface area contributed by atoms with Crippen molar-refractivity contribution in [3.05, 3.63) is 47.0 Å². The summed E-state index contributed by atoms with van der Waals surface area (Å²) in [5, 5.41) is 17.6. The van der Waals surface area contributed by atoms with Gasteiger partial charge in [-0.1, -0.05) is 18.7 Å². The molecule has 7 nitrogen and oxygen atoms in total. The number of aliphatic hydroxyl groups excluding tert-OH is 2. The van der Waals surface area contributed by atoms with Gasteiger partial charge < -0.3 is 19.7 Å². The zero-order chi connectivity index (χ0) is 18.8. The Hall–Kier alpha value is -2.51. The number of ketones is 1. The fraction of sp³-hybridized carbons (Fsp3) is 0.389. The Morgan fingerprint density at radius 3 is 2.20 bits per heavy atom. The van der Waals surface area contributed by atoms with E-state index in [2.05, 4.69) is 6.58 Å². The summed E-state index contributed by atoms with van der Waals surface area (Å²) < 4.78 is 9.78. The van der Waals surface area contributed by atoms with Crippen molar-refractivity contribution < 1.29 is 34.1 Å². The summed E-state index contributed by atoms with van der Waals surface area (Å²) in [7, 11) is 0. The number of carbonyl (C=O) groups is 3. The number of allylic oxidation sites excluding steroid dienone is 1. The Morgan fingerprint density at radius 1 is 1.04 bits per heavy atom. The molecule has 0 aliphatic carbocycles. The quantitative estimate of drug-likeness (QED) is 0.479. The molecule has 0 fully saturated rings. The first-order valence-electron chi connectivity index (χ1n) is 7.79. The molecular formula is C18H22O7. The van der Waals surface area contributed by atoms with Gasteiger partial charge in [-0.25, -0.2) is 9.59 Å². The third kappa shape index (κ3) is 6.13. The fourth-order valence-corrected chi connectivity index (χ4v) is 2.11. The van der Waals surface area contributed by atoms with Gasteiger partial charge in [0, 0.05) is 6.42 Å². The van der Waals surface area contributed by atoms with Gasteiger partial charge in [0.1, 0.15) is 13.2 Å².